The SMILES string of the molecule is CCOC(=O)C1=C(C(F)(F)F)N=c2s/c(=C\c3cc(Cl)cc(Br)c3OCc3ccc(C#N)cc3)c(=O)n2[C@@H]1c1ccc(Cl)cc1. The molecular weight excluding hydrogens is 718 g/mol. The Morgan fingerprint density at radius 1 is 1.13 bits per heavy atom. The number of hydrogen-bond donors (Lipinski definition) is 0. The molecule has 0 saturated heterocycles. The summed E-state index contributed by atoms with van der Waals surface area (Å²) in [7, 11) is 0. The Kier molecular flexibility index (Phi) is 9.55. The topological polar surface area (TPSA) is 93.7 Å². The minimum Gasteiger partial charge on any atom is -0.487 e. The number of nitrogens with zero attached hydrogens (tertiary/aromatic N) is 3. The van der Waals surface area contributed by atoms with Crippen molar-refractivity contribution in [2.75, 3.05) is 6.61 Å². The molecule has 0 saturated carbocycles. The van der Waals surface area contributed by atoms with Gasteiger partial charge in [-0.15, -0.1) is 0 Å². The van der Waals surface area contributed by atoms with E-state index in [4.69, 9.17) is 37.9 Å². The van der Waals surface area contributed by atoms with Gasteiger partial charge in [0.2, 0.25) is 0 Å². The van der Waals surface area contributed by atoms with Gasteiger partial charge in [-0.05, 0) is 76.5 Å². The number of carbonyl (C=O) groups is 1. The molecule has 45 heavy (non-hydrogen) atoms. The summed E-state index contributed by atoms with van der Waals surface area (Å²) >= 11 is 16.5. The highest BCUT2D eigenvalue weighted by Crippen LogP contribution is 2.39. The molecule has 3 aromatic carbocycles. The zero-order valence-electron chi connectivity index (χ0n) is 23.0. The number of thiazole rings is 1. The molecule has 0 amide bonds. The Balaban J connectivity index is 1.69. The molecule has 5 rings (SSSR count). The fourth-order valence-electron chi connectivity index (χ4n) is 4.61. The number of ether oxygens (including phenoxy) is 2. The van der Waals surface area contributed by atoms with Crippen molar-refractivity contribution in [1.82, 2.24) is 4.57 Å². The van der Waals surface area contributed by atoms with Gasteiger partial charge in [0, 0.05) is 15.6 Å². The summed E-state index contributed by atoms with van der Waals surface area (Å²) in [5, 5.41) is 9.66. The van der Waals surface area contributed by atoms with Crippen molar-refractivity contribution in [2.45, 2.75) is 25.7 Å². The predicted octanol–water partition coefficient (Wildman–Crippen LogP) is 6.86. The molecular formula is C31H19BrCl2F3N3O4S. The first-order valence-corrected chi connectivity index (χ1v) is 15.4. The number of nitriles is 1. The van der Waals surface area contributed by atoms with E-state index in [2.05, 4.69) is 20.9 Å². The lowest BCUT2D eigenvalue weighted by atomic mass is 9.95. The van der Waals surface area contributed by atoms with Crippen molar-refractivity contribution >= 4 is 62.5 Å². The Labute approximate surface area is 276 Å². The maximum Gasteiger partial charge on any atom is 0.434 e. The van der Waals surface area contributed by atoms with Crippen LogP contribution in [0.1, 0.15) is 35.2 Å². The van der Waals surface area contributed by atoms with Crippen LogP contribution in [0.15, 0.2) is 86.2 Å². The van der Waals surface area contributed by atoms with E-state index in [0.29, 0.717) is 42.7 Å². The average molecular weight is 737 g/mol. The summed E-state index contributed by atoms with van der Waals surface area (Å²) in [5.41, 5.74) is -1.17. The maximum atomic E-state index is 14.4. The zero-order chi connectivity index (χ0) is 32.5. The molecule has 0 spiro atoms. The van der Waals surface area contributed by atoms with E-state index in [-0.39, 0.29) is 28.1 Å². The van der Waals surface area contributed by atoms with E-state index >= 15 is 0 Å². The highest BCUT2D eigenvalue weighted by Gasteiger charge is 2.45. The van der Waals surface area contributed by atoms with E-state index in [0.717, 1.165) is 10.1 Å². The van der Waals surface area contributed by atoms with E-state index in [1.54, 1.807) is 36.4 Å². The van der Waals surface area contributed by atoms with Gasteiger partial charge in [0.25, 0.3) is 5.56 Å². The lowest BCUT2D eigenvalue weighted by Crippen LogP contribution is -2.41. The number of alkyl halides is 3. The van der Waals surface area contributed by atoms with Crippen LogP contribution in [0.2, 0.25) is 10.0 Å². The van der Waals surface area contributed by atoms with Crippen LogP contribution in [0.3, 0.4) is 0 Å². The standard InChI is InChI=1S/C31H19BrCl2F3N3O4S/c1-2-43-29(42)24-25(18-7-9-20(33)10-8-18)40-28(41)23(45-30(40)39-27(24)31(35,36)37)12-19-11-21(34)13-22(32)26(19)44-15-17-5-3-16(14-38)4-6-17/h3-13,25H,2,15H2,1H3/b23-12-/t25-/m1/s1. The summed E-state index contributed by atoms with van der Waals surface area (Å²) in [6.45, 7) is 1.37. The zero-order valence-corrected chi connectivity index (χ0v) is 26.9. The molecule has 230 valence electrons. The molecule has 7 nitrogen and oxygen atoms in total. The lowest BCUT2D eigenvalue weighted by molar-refractivity contribution is -0.140. The van der Waals surface area contributed by atoms with Crippen LogP contribution < -0.4 is 19.6 Å². The van der Waals surface area contributed by atoms with E-state index in [1.165, 1.54) is 37.3 Å². The number of benzene rings is 3. The molecule has 1 aromatic heterocycles. The summed E-state index contributed by atoms with van der Waals surface area (Å²) in [6, 6.07) is 16.2. The lowest BCUT2D eigenvalue weighted by Gasteiger charge is -2.26. The third kappa shape index (κ3) is 6.87. The quantitative estimate of drug-likeness (QED) is 0.193. The number of carbonyl (C=O) groups excluding carboxylic acids is 1. The number of fused-ring (bicyclic) bond motifs is 1. The summed E-state index contributed by atoms with van der Waals surface area (Å²) in [5.74, 6) is -0.938. The van der Waals surface area contributed by atoms with Crippen LogP contribution in [0.4, 0.5) is 13.2 Å². The van der Waals surface area contributed by atoms with E-state index < -0.39 is 35.0 Å². The number of esters is 1. The Bertz CT molecular complexity index is 2050. The highest BCUT2D eigenvalue weighted by atomic mass is 79.9. The number of aromatic nitrogens is 1. The van der Waals surface area contributed by atoms with Gasteiger partial charge in [-0.3, -0.25) is 9.36 Å². The van der Waals surface area contributed by atoms with Gasteiger partial charge in [0.1, 0.15) is 12.4 Å². The van der Waals surface area contributed by atoms with Gasteiger partial charge in [-0.25, -0.2) is 9.79 Å². The van der Waals surface area contributed by atoms with Crippen LogP contribution in [0.5, 0.6) is 5.75 Å². The minimum absolute atomic E-state index is 0.0109. The van der Waals surface area contributed by atoms with Crippen molar-refractivity contribution in [2.24, 2.45) is 4.99 Å². The van der Waals surface area contributed by atoms with Gasteiger partial charge >= 0.3 is 12.1 Å². The number of allylic oxidation sites excluding steroid dienone is 1. The fraction of sp³-hybridized carbons (Fsp3) is 0.161. The molecule has 1 aliphatic heterocycles. The molecule has 4 aromatic rings. The van der Waals surface area contributed by atoms with Gasteiger partial charge in [0.15, 0.2) is 10.5 Å². The van der Waals surface area contributed by atoms with Crippen LogP contribution >= 0.6 is 50.5 Å². The minimum atomic E-state index is -5.04. The molecule has 0 radical (unpaired) electrons. The van der Waals surface area contributed by atoms with Crippen LogP contribution in [0, 0.1) is 11.3 Å². The number of hydrogen-bond acceptors (Lipinski definition) is 7. The van der Waals surface area contributed by atoms with Crippen molar-refractivity contribution in [1.29, 1.82) is 5.26 Å². The smallest absolute Gasteiger partial charge is 0.434 e. The van der Waals surface area contributed by atoms with Crippen molar-refractivity contribution in [3.8, 4) is 11.8 Å². The van der Waals surface area contributed by atoms with Crippen molar-refractivity contribution in [3.05, 3.63) is 128 Å². The first kappa shape index (κ1) is 32.5. The molecule has 14 heteroatoms. The van der Waals surface area contributed by atoms with Gasteiger partial charge in [-0.1, -0.05) is 58.8 Å². The molecule has 0 N–H and O–H groups in total. The predicted molar refractivity (Wildman–Crippen MR) is 167 cm³/mol. The Hall–Kier alpha value is -3.89. The molecule has 2 heterocycles. The average Bonchev–Trinajstić information content (AvgIpc) is 3.30. The van der Waals surface area contributed by atoms with Crippen LogP contribution in [-0.2, 0) is 16.1 Å². The Morgan fingerprint density at radius 2 is 1.82 bits per heavy atom. The number of halogens is 6. The molecule has 0 fully saturated rings. The first-order valence-electron chi connectivity index (χ1n) is 13.1. The highest BCUT2D eigenvalue weighted by molar-refractivity contribution is 9.10. The first-order chi connectivity index (χ1) is 21.4. The summed E-state index contributed by atoms with van der Waals surface area (Å²) in [6.07, 6.45) is -3.60. The maximum absolute atomic E-state index is 14.4. The largest absolute Gasteiger partial charge is 0.487 e. The Morgan fingerprint density at radius 3 is 2.44 bits per heavy atom. The second kappa shape index (κ2) is 13.2. The fourth-order valence-corrected chi connectivity index (χ4v) is 6.68. The summed E-state index contributed by atoms with van der Waals surface area (Å²) < 4.78 is 55.7. The molecule has 1 aliphatic rings. The van der Waals surface area contributed by atoms with Gasteiger partial charge in [0.05, 0.1) is 38.9 Å². The third-order valence-electron chi connectivity index (χ3n) is 6.57. The molecule has 0 bridgehead atoms. The van der Waals surface area contributed by atoms with Crippen LogP contribution in [-0.4, -0.2) is 23.3 Å². The second-order valence-electron chi connectivity index (χ2n) is 9.52. The van der Waals surface area contributed by atoms with Crippen molar-refractivity contribution < 1.29 is 27.4 Å². The second-order valence-corrected chi connectivity index (χ2v) is 12.3. The third-order valence-corrected chi connectivity index (χ3v) is 8.61. The molecule has 0 unspecified atom stereocenters. The van der Waals surface area contributed by atoms with Crippen molar-refractivity contribution in [3.63, 3.8) is 0 Å². The normalized spacial score (nSPS) is 14.9. The van der Waals surface area contributed by atoms with E-state index in [1.807, 2.05) is 6.07 Å². The summed E-state index contributed by atoms with van der Waals surface area (Å²) in [4.78, 5) is 30.5. The molecule has 0 aliphatic carbocycles. The van der Waals surface area contributed by atoms with Crippen LogP contribution in [0.25, 0.3) is 6.08 Å². The monoisotopic (exact) mass is 735 g/mol. The molecule has 1 atom stereocenters. The number of rotatable bonds is 7. The van der Waals surface area contributed by atoms with Gasteiger partial charge in [-0.2, -0.15) is 18.4 Å². The van der Waals surface area contributed by atoms with Gasteiger partial charge < -0.3 is 9.47 Å². The van der Waals surface area contributed by atoms with E-state index in [9.17, 15) is 22.8 Å².